The summed E-state index contributed by atoms with van der Waals surface area (Å²) in [5.41, 5.74) is -2.48. The zero-order valence-electron chi connectivity index (χ0n) is 21.6. The number of halogens is 2. The number of rotatable bonds is 11. The van der Waals surface area contributed by atoms with E-state index in [0.29, 0.717) is 25.7 Å². The summed E-state index contributed by atoms with van der Waals surface area (Å²) in [6.07, 6.45) is 1.58. The summed E-state index contributed by atoms with van der Waals surface area (Å²) in [7, 11) is -4.35. The molecular weight excluding hydrogens is 616 g/mol. The van der Waals surface area contributed by atoms with E-state index < -0.39 is 61.4 Å². The van der Waals surface area contributed by atoms with E-state index in [1.54, 1.807) is 6.92 Å². The van der Waals surface area contributed by atoms with Crippen LogP contribution in [0.25, 0.3) is 6.08 Å². The number of carbonyl (C=O) groups is 1. The molecular formula is C25H30BrFN3O9P. The van der Waals surface area contributed by atoms with Crippen LogP contribution in [0.3, 0.4) is 0 Å². The number of carbonyl (C=O) groups excluding carboxylic acids is 1. The number of hydrogen-bond acceptors (Lipinski definition) is 9. The van der Waals surface area contributed by atoms with Crippen molar-refractivity contribution in [2.24, 2.45) is 0 Å². The van der Waals surface area contributed by atoms with Crippen LogP contribution in [-0.2, 0) is 23.4 Å². The summed E-state index contributed by atoms with van der Waals surface area (Å²) >= 11 is 3.08. The number of aromatic amines is 1. The molecule has 0 amide bonds. The Kier molecular flexibility index (Phi) is 9.80. The van der Waals surface area contributed by atoms with Gasteiger partial charge in [0.1, 0.15) is 29.4 Å². The van der Waals surface area contributed by atoms with Crippen molar-refractivity contribution >= 4 is 35.7 Å². The minimum Gasteiger partial charge on any atom is -0.465 e. The summed E-state index contributed by atoms with van der Waals surface area (Å²) in [5.74, 6) is -1.11. The molecule has 12 nitrogen and oxygen atoms in total. The van der Waals surface area contributed by atoms with Crippen LogP contribution in [0.1, 0.15) is 50.8 Å². The van der Waals surface area contributed by atoms with Crippen LogP contribution >= 0.6 is 23.7 Å². The van der Waals surface area contributed by atoms with Gasteiger partial charge in [-0.3, -0.25) is 23.7 Å². The van der Waals surface area contributed by atoms with Gasteiger partial charge in [-0.05, 0) is 55.1 Å². The van der Waals surface area contributed by atoms with E-state index in [4.69, 9.17) is 18.5 Å². The molecule has 4 rings (SSSR count). The second-order valence-electron chi connectivity index (χ2n) is 9.44. The first-order valence-electron chi connectivity index (χ1n) is 12.7. The highest BCUT2D eigenvalue weighted by atomic mass is 79.9. The molecule has 0 radical (unpaired) electrons. The maximum absolute atomic E-state index is 14.1. The van der Waals surface area contributed by atoms with Crippen molar-refractivity contribution in [2.45, 2.75) is 63.0 Å². The fraction of sp³-hybridized carbons (Fsp3) is 0.480. The van der Waals surface area contributed by atoms with Gasteiger partial charge in [0.2, 0.25) is 0 Å². The van der Waals surface area contributed by atoms with E-state index in [0.717, 1.165) is 16.7 Å². The van der Waals surface area contributed by atoms with Crippen molar-refractivity contribution in [3.8, 4) is 5.75 Å². The molecule has 1 aromatic heterocycles. The smallest absolute Gasteiger partial charge is 0.459 e. The Balaban J connectivity index is 1.55. The second kappa shape index (κ2) is 12.9. The van der Waals surface area contributed by atoms with Crippen molar-refractivity contribution in [3.05, 3.63) is 67.7 Å². The van der Waals surface area contributed by atoms with E-state index in [9.17, 15) is 28.4 Å². The molecule has 1 aliphatic heterocycles. The second-order valence-corrected chi connectivity index (χ2v) is 11.6. The highest BCUT2D eigenvalue weighted by molar-refractivity contribution is 9.11. The molecule has 1 saturated heterocycles. The molecule has 0 bridgehead atoms. The topological polar surface area (TPSA) is 158 Å². The first-order valence-corrected chi connectivity index (χ1v) is 15.2. The Morgan fingerprint density at radius 2 is 2.02 bits per heavy atom. The fourth-order valence-electron chi connectivity index (χ4n) is 4.70. The summed E-state index contributed by atoms with van der Waals surface area (Å²) in [6, 6.07) is 4.76. The third kappa shape index (κ3) is 6.99. The van der Waals surface area contributed by atoms with E-state index in [-0.39, 0.29) is 24.3 Å². The number of benzene rings is 1. The average molecular weight is 646 g/mol. The minimum atomic E-state index is -4.35. The number of aliphatic hydroxyl groups excluding tert-OH is 1. The molecule has 40 heavy (non-hydrogen) atoms. The monoisotopic (exact) mass is 645 g/mol. The SMILES string of the molecule is CCOC(=O)C1(NP(=O)(OCC2O[C@@H](n3cc(/C=C/Br)c(=O)[nH]c3=O)C[C@H]2O)Oc2ccc(F)cc2)CCCC1. The quantitative estimate of drug-likeness (QED) is 0.244. The van der Waals surface area contributed by atoms with Crippen molar-refractivity contribution in [1.29, 1.82) is 0 Å². The number of aromatic nitrogens is 2. The van der Waals surface area contributed by atoms with Crippen LogP contribution in [0.5, 0.6) is 5.75 Å². The number of esters is 1. The molecule has 2 aromatic rings. The number of hydrogen-bond donors (Lipinski definition) is 3. The van der Waals surface area contributed by atoms with Crippen LogP contribution in [-0.4, -0.2) is 51.6 Å². The summed E-state index contributed by atoms with van der Waals surface area (Å²) in [5, 5.41) is 13.4. The molecule has 0 spiro atoms. The van der Waals surface area contributed by atoms with Crippen LogP contribution < -0.4 is 20.9 Å². The average Bonchev–Trinajstić information content (AvgIpc) is 3.53. The molecule has 2 heterocycles. The van der Waals surface area contributed by atoms with Gasteiger partial charge in [-0.2, -0.15) is 5.09 Å². The van der Waals surface area contributed by atoms with Gasteiger partial charge in [0, 0.05) is 12.6 Å². The first kappa shape index (κ1) is 30.4. The van der Waals surface area contributed by atoms with Crippen LogP contribution in [0.15, 0.2) is 45.0 Å². The lowest BCUT2D eigenvalue weighted by Crippen LogP contribution is -2.50. The maximum atomic E-state index is 14.1. The zero-order valence-corrected chi connectivity index (χ0v) is 24.1. The molecule has 2 aliphatic rings. The Labute approximate surface area is 237 Å². The molecule has 1 saturated carbocycles. The maximum Gasteiger partial charge on any atom is 0.459 e. The highest BCUT2D eigenvalue weighted by Gasteiger charge is 2.49. The molecule has 1 aliphatic carbocycles. The standard InChI is InChI=1S/C25H30BrFN3O9P/c1-2-36-23(33)25(10-3-4-11-25)29-40(35,39-18-7-5-17(27)6-8-18)37-15-20-19(31)13-21(38-20)30-14-16(9-12-26)22(32)28-24(30)34/h5-9,12,14,19-21,31H,2-4,10-11,13,15H2,1H3,(H,29,35)(H,28,32,34)/b12-9+/t19-,20?,21-,40?/m1/s1. The number of nitrogens with zero attached hydrogens (tertiary/aromatic N) is 1. The van der Waals surface area contributed by atoms with Crippen LogP contribution in [0.2, 0.25) is 0 Å². The van der Waals surface area contributed by atoms with Gasteiger partial charge in [-0.15, -0.1) is 0 Å². The number of ether oxygens (including phenoxy) is 2. The van der Waals surface area contributed by atoms with Gasteiger partial charge in [0.05, 0.1) is 24.9 Å². The van der Waals surface area contributed by atoms with Gasteiger partial charge in [-0.1, -0.05) is 28.8 Å². The lowest BCUT2D eigenvalue weighted by Gasteiger charge is -2.32. The molecule has 2 fully saturated rings. The van der Waals surface area contributed by atoms with Crippen LogP contribution in [0, 0.1) is 5.82 Å². The van der Waals surface area contributed by atoms with E-state index in [1.165, 1.54) is 29.4 Å². The van der Waals surface area contributed by atoms with Crippen molar-refractivity contribution < 1.29 is 37.4 Å². The lowest BCUT2D eigenvalue weighted by atomic mass is 10.00. The Morgan fingerprint density at radius 1 is 1.32 bits per heavy atom. The van der Waals surface area contributed by atoms with Gasteiger partial charge in [0.25, 0.3) is 5.56 Å². The predicted molar refractivity (Wildman–Crippen MR) is 145 cm³/mol. The largest absolute Gasteiger partial charge is 0.465 e. The van der Waals surface area contributed by atoms with Crippen molar-refractivity contribution in [3.63, 3.8) is 0 Å². The summed E-state index contributed by atoms with van der Waals surface area (Å²) < 4.78 is 51.1. The molecule has 15 heteroatoms. The van der Waals surface area contributed by atoms with E-state index in [1.807, 2.05) is 0 Å². The van der Waals surface area contributed by atoms with E-state index in [2.05, 4.69) is 26.0 Å². The van der Waals surface area contributed by atoms with Gasteiger partial charge in [0.15, 0.2) is 0 Å². The van der Waals surface area contributed by atoms with Gasteiger partial charge in [-0.25, -0.2) is 13.8 Å². The first-order chi connectivity index (χ1) is 19.1. The normalized spacial score (nSPS) is 23.8. The lowest BCUT2D eigenvalue weighted by molar-refractivity contribution is -0.150. The minimum absolute atomic E-state index is 0.0205. The number of nitrogens with one attached hydrogen (secondary N) is 2. The van der Waals surface area contributed by atoms with Crippen molar-refractivity contribution in [2.75, 3.05) is 13.2 Å². The van der Waals surface area contributed by atoms with Crippen LogP contribution in [0.4, 0.5) is 4.39 Å². The van der Waals surface area contributed by atoms with Gasteiger partial charge >= 0.3 is 19.4 Å². The number of H-pyrrole nitrogens is 1. The van der Waals surface area contributed by atoms with Crippen molar-refractivity contribution in [1.82, 2.24) is 14.6 Å². The predicted octanol–water partition coefficient (Wildman–Crippen LogP) is 3.36. The third-order valence-corrected chi connectivity index (χ3v) is 8.58. The fourth-order valence-corrected chi connectivity index (χ4v) is 6.73. The van der Waals surface area contributed by atoms with E-state index >= 15 is 0 Å². The molecule has 1 aromatic carbocycles. The Bertz CT molecular complexity index is 1390. The zero-order chi connectivity index (χ0) is 28.9. The molecule has 3 N–H and O–H groups in total. The Hall–Kier alpha value is -2.61. The summed E-state index contributed by atoms with van der Waals surface area (Å²) in [6.45, 7) is 1.33. The van der Waals surface area contributed by atoms with Gasteiger partial charge < -0.3 is 19.1 Å². The molecule has 4 atom stereocenters. The Morgan fingerprint density at radius 3 is 2.67 bits per heavy atom. The summed E-state index contributed by atoms with van der Waals surface area (Å²) in [4.78, 5) is 41.0. The molecule has 2 unspecified atom stereocenters. The third-order valence-electron chi connectivity index (χ3n) is 6.67. The number of aliphatic hydroxyl groups is 1. The molecule has 218 valence electrons. The highest BCUT2D eigenvalue weighted by Crippen LogP contribution is 2.50.